The number of anilines is 1. The minimum absolute atomic E-state index is 0.657. The standard InChI is InChI=1S/C10H10ClIN4/c1-16-8(6-14-15-16)5-13-10-3-2-7(12)4-9(10)11/h2-4,6,13H,5H2,1H3. The summed E-state index contributed by atoms with van der Waals surface area (Å²) in [5.41, 5.74) is 1.93. The van der Waals surface area contributed by atoms with Gasteiger partial charge in [-0.05, 0) is 40.8 Å². The number of hydrogen-bond donors (Lipinski definition) is 1. The van der Waals surface area contributed by atoms with Gasteiger partial charge in [-0.25, -0.2) is 0 Å². The van der Waals surface area contributed by atoms with Gasteiger partial charge in [0.15, 0.2) is 0 Å². The Morgan fingerprint density at radius 3 is 2.94 bits per heavy atom. The zero-order chi connectivity index (χ0) is 11.5. The summed E-state index contributed by atoms with van der Waals surface area (Å²) in [5.74, 6) is 0. The fourth-order valence-electron chi connectivity index (χ4n) is 1.29. The van der Waals surface area contributed by atoms with Crippen LogP contribution in [0.2, 0.25) is 5.02 Å². The van der Waals surface area contributed by atoms with Crippen LogP contribution in [-0.4, -0.2) is 15.0 Å². The molecule has 0 amide bonds. The first-order valence-corrected chi connectivity index (χ1v) is 6.15. The molecule has 1 N–H and O–H groups in total. The smallest absolute Gasteiger partial charge is 0.0774 e. The molecular weight excluding hydrogens is 338 g/mol. The maximum atomic E-state index is 6.10. The Balaban J connectivity index is 2.08. The number of aromatic nitrogens is 3. The first-order chi connectivity index (χ1) is 7.66. The highest BCUT2D eigenvalue weighted by molar-refractivity contribution is 14.1. The molecule has 1 aromatic carbocycles. The SMILES string of the molecule is Cn1nncc1CNc1ccc(I)cc1Cl. The van der Waals surface area contributed by atoms with Gasteiger partial charge in [0.25, 0.3) is 0 Å². The molecule has 1 aromatic heterocycles. The van der Waals surface area contributed by atoms with E-state index in [1.807, 2.05) is 25.2 Å². The summed E-state index contributed by atoms with van der Waals surface area (Å²) < 4.78 is 2.85. The number of rotatable bonds is 3. The van der Waals surface area contributed by atoms with Crippen LogP contribution < -0.4 is 5.32 Å². The monoisotopic (exact) mass is 348 g/mol. The first kappa shape index (κ1) is 11.7. The summed E-state index contributed by atoms with van der Waals surface area (Å²) >= 11 is 8.33. The van der Waals surface area contributed by atoms with Gasteiger partial charge < -0.3 is 5.32 Å². The maximum absolute atomic E-state index is 6.10. The van der Waals surface area contributed by atoms with Crippen molar-refractivity contribution in [3.63, 3.8) is 0 Å². The largest absolute Gasteiger partial charge is 0.378 e. The summed E-state index contributed by atoms with van der Waals surface area (Å²) in [4.78, 5) is 0. The van der Waals surface area contributed by atoms with E-state index < -0.39 is 0 Å². The number of hydrogen-bond acceptors (Lipinski definition) is 3. The molecule has 2 aromatic rings. The molecule has 1 heterocycles. The molecule has 0 aliphatic rings. The van der Waals surface area contributed by atoms with Gasteiger partial charge >= 0.3 is 0 Å². The predicted octanol–water partition coefficient (Wildman–Crippen LogP) is 2.69. The van der Waals surface area contributed by atoms with Gasteiger partial charge in [0.05, 0.1) is 29.1 Å². The summed E-state index contributed by atoms with van der Waals surface area (Å²) in [6, 6.07) is 5.90. The summed E-state index contributed by atoms with van der Waals surface area (Å²) in [7, 11) is 1.86. The van der Waals surface area contributed by atoms with Crippen molar-refractivity contribution < 1.29 is 0 Å². The molecule has 0 radical (unpaired) electrons. The molecule has 0 spiro atoms. The van der Waals surface area contributed by atoms with Gasteiger partial charge in [-0.2, -0.15) is 0 Å². The number of benzene rings is 1. The lowest BCUT2D eigenvalue weighted by molar-refractivity contribution is 0.683. The third-order valence-electron chi connectivity index (χ3n) is 2.20. The molecule has 4 nitrogen and oxygen atoms in total. The van der Waals surface area contributed by atoms with Gasteiger partial charge in [-0.1, -0.05) is 16.8 Å². The molecule has 0 bridgehead atoms. The Morgan fingerprint density at radius 2 is 2.31 bits per heavy atom. The zero-order valence-electron chi connectivity index (χ0n) is 8.61. The Morgan fingerprint density at radius 1 is 1.50 bits per heavy atom. The molecule has 0 unspecified atom stereocenters. The van der Waals surface area contributed by atoms with Gasteiger partial charge in [-0.3, -0.25) is 4.68 Å². The van der Waals surface area contributed by atoms with Crippen molar-refractivity contribution in [2.75, 3.05) is 5.32 Å². The van der Waals surface area contributed by atoms with E-state index in [2.05, 4.69) is 38.2 Å². The highest BCUT2D eigenvalue weighted by atomic mass is 127. The highest BCUT2D eigenvalue weighted by Gasteiger charge is 2.03. The lowest BCUT2D eigenvalue weighted by Crippen LogP contribution is -2.05. The molecule has 84 valence electrons. The van der Waals surface area contributed by atoms with Crippen LogP contribution in [0.3, 0.4) is 0 Å². The van der Waals surface area contributed by atoms with Crippen LogP contribution in [0.5, 0.6) is 0 Å². The van der Waals surface area contributed by atoms with Gasteiger partial charge in [0, 0.05) is 10.6 Å². The van der Waals surface area contributed by atoms with Crippen LogP contribution >= 0.6 is 34.2 Å². The van der Waals surface area contributed by atoms with Crippen LogP contribution in [0.15, 0.2) is 24.4 Å². The predicted molar refractivity (Wildman–Crippen MR) is 72.5 cm³/mol. The molecule has 6 heteroatoms. The van der Waals surface area contributed by atoms with Crippen molar-refractivity contribution in [3.8, 4) is 0 Å². The van der Waals surface area contributed by atoms with E-state index in [0.29, 0.717) is 6.54 Å². The number of nitrogens with zero attached hydrogens (tertiary/aromatic N) is 3. The van der Waals surface area contributed by atoms with Crippen molar-refractivity contribution in [2.24, 2.45) is 7.05 Å². The summed E-state index contributed by atoms with van der Waals surface area (Å²) in [5, 5.41) is 11.6. The van der Waals surface area contributed by atoms with E-state index in [4.69, 9.17) is 11.6 Å². The van der Waals surface area contributed by atoms with Crippen molar-refractivity contribution in [2.45, 2.75) is 6.54 Å². The Bertz CT molecular complexity index is 497. The molecular formula is C10H10ClIN4. The van der Waals surface area contributed by atoms with Crippen LogP contribution in [0.25, 0.3) is 0 Å². The zero-order valence-corrected chi connectivity index (χ0v) is 11.5. The molecule has 0 fully saturated rings. The Hall–Kier alpha value is -0.820. The molecule has 0 atom stereocenters. The third kappa shape index (κ3) is 2.65. The minimum Gasteiger partial charge on any atom is -0.378 e. The van der Waals surface area contributed by atoms with E-state index in [1.54, 1.807) is 10.9 Å². The Kier molecular flexibility index (Phi) is 3.65. The van der Waals surface area contributed by atoms with Crippen LogP contribution in [-0.2, 0) is 13.6 Å². The molecule has 0 saturated carbocycles. The normalized spacial score (nSPS) is 10.4. The van der Waals surface area contributed by atoms with Crippen molar-refractivity contribution in [1.29, 1.82) is 0 Å². The molecule has 0 aliphatic carbocycles. The van der Waals surface area contributed by atoms with E-state index in [9.17, 15) is 0 Å². The number of aryl methyl sites for hydroxylation is 1. The second-order valence-electron chi connectivity index (χ2n) is 3.33. The fraction of sp³-hybridized carbons (Fsp3) is 0.200. The topological polar surface area (TPSA) is 42.7 Å². The van der Waals surface area contributed by atoms with Crippen LogP contribution in [0, 0.1) is 3.57 Å². The van der Waals surface area contributed by atoms with Gasteiger partial charge in [0.2, 0.25) is 0 Å². The van der Waals surface area contributed by atoms with Gasteiger partial charge in [-0.15, -0.1) is 5.10 Å². The van der Waals surface area contributed by atoms with Crippen LogP contribution in [0.1, 0.15) is 5.69 Å². The van der Waals surface area contributed by atoms with E-state index >= 15 is 0 Å². The van der Waals surface area contributed by atoms with E-state index in [-0.39, 0.29) is 0 Å². The summed E-state index contributed by atoms with van der Waals surface area (Å²) in [6.45, 7) is 0.657. The molecule has 0 aliphatic heterocycles. The first-order valence-electron chi connectivity index (χ1n) is 4.69. The molecule has 0 saturated heterocycles. The molecule has 2 rings (SSSR count). The van der Waals surface area contributed by atoms with Crippen molar-refractivity contribution in [3.05, 3.63) is 38.7 Å². The van der Waals surface area contributed by atoms with E-state index in [1.165, 1.54) is 0 Å². The number of halogens is 2. The summed E-state index contributed by atoms with van der Waals surface area (Å²) in [6.07, 6.45) is 1.73. The van der Waals surface area contributed by atoms with Gasteiger partial charge in [0.1, 0.15) is 0 Å². The average molecular weight is 349 g/mol. The minimum atomic E-state index is 0.657. The lowest BCUT2D eigenvalue weighted by atomic mass is 10.3. The highest BCUT2D eigenvalue weighted by Crippen LogP contribution is 2.24. The van der Waals surface area contributed by atoms with Crippen molar-refractivity contribution >= 4 is 39.9 Å². The average Bonchev–Trinajstić information content (AvgIpc) is 2.63. The van der Waals surface area contributed by atoms with Crippen molar-refractivity contribution in [1.82, 2.24) is 15.0 Å². The second-order valence-corrected chi connectivity index (χ2v) is 4.98. The maximum Gasteiger partial charge on any atom is 0.0774 e. The van der Waals surface area contributed by atoms with E-state index in [0.717, 1.165) is 20.0 Å². The van der Waals surface area contributed by atoms with Crippen LogP contribution in [0.4, 0.5) is 5.69 Å². The number of nitrogens with one attached hydrogen (secondary N) is 1. The fourth-order valence-corrected chi connectivity index (χ4v) is 2.21. The second kappa shape index (κ2) is 5.01. The quantitative estimate of drug-likeness (QED) is 0.867. The Labute approximate surface area is 112 Å². The lowest BCUT2D eigenvalue weighted by Gasteiger charge is -2.08. The third-order valence-corrected chi connectivity index (χ3v) is 3.18. The molecule has 16 heavy (non-hydrogen) atoms.